The molecule has 0 amide bonds. The molecule has 0 spiro atoms. The van der Waals surface area contributed by atoms with Crippen molar-refractivity contribution in [3.63, 3.8) is 0 Å². The quantitative estimate of drug-likeness (QED) is 0.864. The van der Waals surface area contributed by atoms with E-state index in [4.69, 9.17) is 0 Å². The topological polar surface area (TPSA) is 15.3 Å². The predicted molar refractivity (Wildman–Crippen MR) is 82.8 cm³/mol. The highest BCUT2D eigenvalue weighted by molar-refractivity contribution is 9.10. The Morgan fingerprint density at radius 2 is 1.94 bits per heavy atom. The van der Waals surface area contributed by atoms with Gasteiger partial charge in [-0.05, 0) is 38.1 Å². The molecule has 0 heterocycles. The summed E-state index contributed by atoms with van der Waals surface area (Å²) in [5.41, 5.74) is 1.60. The Labute approximate surface area is 120 Å². The number of halogens is 1. The number of hydrogen-bond donors (Lipinski definition) is 1. The minimum Gasteiger partial charge on any atom is -0.317 e. The third kappa shape index (κ3) is 4.38. The molecule has 0 aliphatic heterocycles. The van der Waals surface area contributed by atoms with Gasteiger partial charge in [-0.1, -0.05) is 48.0 Å². The van der Waals surface area contributed by atoms with Gasteiger partial charge in [0.05, 0.1) is 0 Å². The number of nitrogens with zero attached hydrogens (tertiary/aromatic N) is 1. The van der Waals surface area contributed by atoms with E-state index in [9.17, 15) is 0 Å². The molecule has 1 N–H and O–H groups in total. The molecule has 1 aromatic rings. The minimum atomic E-state index is 0.255. The molecular weight excluding hydrogens is 288 g/mol. The van der Waals surface area contributed by atoms with Gasteiger partial charge in [0.25, 0.3) is 0 Å². The Hall–Kier alpha value is -0.380. The molecule has 0 aliphatic rings. The summed E-state index contributed by atoms with van der Waals surface area (Å²) in [7, 11) is 4.21. The van der Waals surface area contributed by atoms with Crippen molar-refractivity contribution in [2.24, 2.45) is 5.41 Å². The van der Waals surface area contributed by atoms with Crippen LogP contribution in [0.3, 0.4) is 0 Å². The maximum atomic E-state index is 3.61. The third-order valence-electron chi connectivity index (χ3n) is 3.68. The number of hydrogen-bond acceptors (Lipinski definition) is 2. The number of rotatable bonds is 6. The lowest BCUT2D eigenvalue weighted by molar-refractivity contribution is 0.164. The standard InChI is InChI=1S/C15H25BrN2/c1-12(17-4)15(2,3)11-18(5)10-13-8-6-7-9-14(13)16/h6-9,12,17H,10-11H2,1-5H3. The zero-order valence-electron chi connectivity index (χ0n) is 12.1. The van der Waals surface area contributed by atoms with Crippen LogP contribution in [0, 0.1) is 5.41 Å². The molecule has 0 aliphatic carbocycles. The predicted octanol–water partition coefficient (Wildman–Crippen LogP) is 3.52. The molecular formula is C15H25BrN2. The highest BCUT2D eigenvalue weighted by Gasteiger charge is 2.26. The van der Waals surface area contributed by atoms with Crippen molar-refractivity contribution >= 4 is 15.9 Å². The summed E-state index contributed by atoms with van der Waals surface area (Å²) in [5.74, 6) is 0. The van der Waals surface area contributed by atoms with Crippen molar-refractivity contribution in [1.82, 2.24) is 10.2 Å². The smallest absolute Gasteiger partial charge is 0.0242 e. The molecule has 1 atom stereocenters. The van der Waals surface area contributed by atoms with Crippen molar-refractivity contribution in [2.75, 3.05) is 20.6 Å². The SMILES string of the molecule is CNC(C)C(C)(C)CN(C)Cc1ccccc1Br. The van der Waals surface area contributed by atoms with Gasteiger partial charge >= 0.3 is 0 Å². The first-order chi connectivity index (χ1) is 8.36. The van der Waals surface area contributed by atoms with Crippen LogP contribution in [0.2, 0.25) is 0 Å². The Morgan fingerprint density at radius 3 is 2.50 bits per heavy atom. The van der Waals surface area contributed by atoms with Crippen LogP contribution in [0.15, 0.2) is 28.7 Å². The van der Waals surface area contributed by atoms with Gasteiger partial charge in [-0.15, -0.1) is 0 Å². The average Bonchev–Trinajstić information content (AvgIpc) is 2.30. The lowest BCUT2D eigenvalue weighted by Gasteiger charge is -2.35. The first-order valence-corrected chi connectivity index (χ1v) is 7.25. The molecule has 0 aromatic heterocycles. The largest absolute Gasteiger partial charge is 0.317 e. The molecule has 0 bridgehead atoms. The van der Waals surface area contributed by atoms with E-state index in [0.29, 0.717) is 6.04 Å². The van der Waals surface area contributed by atoms with Gasteiger partial charge in [0.2, 0.25) is 0 Å². The van der Waals surface area contributed by atoms with Crippen LogP contribution in [-0.2, 0) is 6.54 Å². The van der Waals surface area contributed by atoms with E-state index in [1.54, 1.807) is 0 Å². The van der Waals surface area contributed by atoms with Gasteiger partial charge in [-0.25, -0.2) is 0 Å². The minimum absolute atomic E-state index is 0.255. The van der Waals surface area contributed by atoms with Gasteiger partial charge in [0.1, 0.15) is 0 Å². The van der Waals surface area contributed by atoms with Crippen LogP contribution in [0.1, 0.15) is 26.3 Å². The van der Waals surface area contributed by atoms with Crippen molar-refractivity contribution in [3.05, 3.63) is 34.3 Å². The van der Waals surface area contributed by atoms with E-state index >= 15 is 0 Å². The van der Waals surface area contributed by atoms with E-state index in [1.807, 2.05) is 7.05 Å². The van der Waals surface area contributed by atoms with Gasteiger partial charge in [-0.2, -0.15) is 0 Å². The molecule has 3 heteroatoms. The van der Waals surface area contributed by atoms with Crippen molar-refractivity contribution in [2.45, 2.75) is 33.4 Å². The lowest BCUT2D eigenvalue weighted by Crippen LogP contribution is -2.44. The fourth-order valence-corrected chi connectivity index (χ4v) is 2.61. The van der Waals surface area contributed by atoms with Crippen molar-refractivity contribution < 1.29 is 0 Å². The monoisotopic (exact) mass is 312 g/mol. The Kier molecular flexibility index (Phi) is 5.83. The summed E-state index contributed by atoms with van der Waals surface area (Å²) in [6.45, 7) is 8.90. The number of benzene rings is 1. The molecule has 0 radical (unpaired) electrons. The van der Waals surface area contributed by atoms with E-state index < -0.39 is 0 Å². The third-order valence-corrected chi connectivity index (χ3v) is 4.45. The fraction of sp³-hybridized carbons (Fsp3) is 0.600. The van der Waals surface area contributed by atoms with Gasteiger partial charge in [-0.3, -0.25) is 0 Å². The Bertz CT molecular complexity index is 377. The van der Waals surface area contributed by atoms with Crippen LogP contribution in [0.25, 0.3) is 0 Å². The maximum absolute atomic E-state index is 3.61. The van der Waals surface area contributed by atoms with Gasteiger partial charge in [0.15, 0.2) is 0 Å². The van der Waals surface area contributed by atoms with E-state index in [0.717, 1.165) is 13.1 Å². The van der Waals surface area contributed by atoms with Gasteiger partial charge < -0.3 is 10.2 Å². The molecule has 0 saturated heterocycles. The molecule has 0 saturated carbocycles. The fourth-order valence-electron chi connectivity index (χ4n) is 2.20. The second-order valence-electron chi connectivity index (χ2n) is 5.76. The molecule has 18 heavy (non-hydrogen) atoms. The van der Waals surface area contributed by atoms with Crippen LogP contribution < -0.4 is 5.32 Å². The zero-order chi connectivity index (χ0) is 13.8. The molecule has 1 rings (SSSR count). The summed E-state index contributed by atoms with van der Waals surface area (Å²) < 4.78 is 1.19. The highest BCUT2D eigenvalue weighted by Crippen LogP contribution is 2.23. The van der Waals surface area contributed by atoms with Crippen LogP contribution in [0.5, 0.6) is 0 Å². The molecule has 1 aromatic carbocycles. The second-order valence-corrected chi connectivity index (χ2v) is 6.62. The first kappa shape index (κ1) is 15.7. The first-order valence-electron chi connectivity index (χ1n) is 6.46. The van der Waals surface area contributed by atoms with Crippen molar-refractivity contribution in [3.8, 4) is 0 Å². The highest BCUT2D eigenvalue weighted by atomic mass is 79.9. The Morgan fingerprint density at radius 1 is 1.33 bits per heavy atom. The second kappa shape index (κ2) is 6.69. The zero-order valence-corrected chi connectivity index (χ0v) is 13.7. The van der Waals surface area contributed by atoms with Gasteiger partial charge in [0, 0.05) is 23.6 Å². The Balaban J connectivity index is 2.62. The summed E-state index contributed by atoms with van der Waals surface area (Å²) in [6.07, 6.45) is 0. The van der Waals surface area contributed by atoms with Crippen LogP contribution in [-0.4, -0.2) is 31.6 Å². The lowest BCUT2D eigenvalue weighted by atomic mass is 9.85. The molecule has 2 nitrogen and oxygen atoms in total. The molecule has 1 unspecified atom stereocenters. The summed E-state index contributed by atoms with van der Waals surface area (Å²) >= 11 is 3.61. The number of nitrogens with one attached hydrogen (secondary N) is 1. The summed E-state index contributed by atoms with van der Waals surface area (Å²) in [4.78, 5) is 2.38. The van der Waals surface area contributed by atoms with E-state index in [1.165, 1.54) is 10.0 Å². The maximum Gasteiger partial charge on any atom is 0.0242 e. The summed E-state index contributed by atoms with van der Waals surface area (Å²) in [6, 6.07) is 8.93. The van der Waals surface area contributed by atoms with Crippen LogP contribution >= 0.6 is 15.9 Å². The van der Waals surface area contributed by atoms with Crippen LogP contribution in [0.4, 0.5) is 0 Å². The van der Waals surface area contributed by atoms with E-state index in [-0.39, 0.29) is 5.41 Å². The van der Waals surface area contributed by atoms with E-state index in [2.05, 4.69) is 78.2 Å². The normalized spacial score (nSPS) is 13.9. The van der Waals surface area contributed by atoms with Crippen molar-refractivity contribution in [1.29, 1.82) is 0 Å². The molecule has 102 valence electrons. The molecule has 0 fully saturated rings. The summed E-state index contributed by atoms with van der Waals surface area (Å²) in [5, 5.41) is 3.35. The average molecular weight is 313 g/mol.